The Morgan fingerprint density at radius 2 is 1.07 bits per heavy atom. The molecule has 6 N–H and O–H groups in total. The van der Waals surface area contributed by atoms with Crippen molar-refractivity contribution in [2.45, 2.75) is 12.2 Å². The number of carboxylic acid groups (broad SMARTS) is 2. The van der Waals surface area contributed by atoms with Crippen LogP contribution in [0.1, 0.15) is 0 Å². The summed E-state index contributed by atoms with van der Waals surface area (Å²) in [5, 5.41) is 35.7. The third kappa shape index (κ3) is 15.9. The molecule has 85 valence electrons. The van der Waals surface area contributed by atoms with Crippen molar-refractivity contribution in [2.75, 3.05) is 0 Å². The van der Waals surface area contributed by atoms with E-state index in [1.54, 1.807) is 0 Å². The van der Waals surface area contributed by atoms with Crippen LogP contribution in [0.25, 0.3) is 0 Å². The first-order valence-electron chi connectivity index (χ1n) is 2.24. The normalized spacial score (nSPS) is 10.5. The first-order chi connectivity index (χ1) is 4.46. The largest absolute Gasteiger partial charge is 1.00 e. The Morgan fingerprint density at radius 1 is 0.933 bits per heavy atom. The Balaban J connectivity index is -0.0000000405. The van der Waals surface area contributed by atoms with Crippen molar-refractivity contribution in [3.63, 3.8) is 0 Å². The van der Waals surface area contributed by atoms with Gasteiger partial charge < -0.3 is 41.0 Å². The molecule has 0 aliphatic carbocycles. The number of carbonyl (C=O) groups is 2. The summed E-state index contributed by atoms with van der Waals surface area (Å²) in [6, 6.07) is 0. The fourth-order valence-electron chi connectivity index (χ4n) is 0.258. The fourth-order valence-corrected chi connectivity index (χ4v) is 0.258. The topological polar surface area (TPSA) is 184 Å². The Hall–Kier alpha value is 1.94. The summed E-state index contributed by atoms with van der Waals surface area (Å²) in [6.07, 6.45) is -4.88. The zero-order valence-corrected chi connectivity index (χ0v) is 14.0. The second kappa shape index (κ2) is 18.3. The zero-order valence-electron chi connectivity index (χ0n) is 7.98. The Kier molecular flexibility index (Phi) is 43.9. The molecule has 0 fully saturated rings. The summed E-state index contributed by atoms with van der Waals surface area (Å²) in [4.78, 5) is 19.3. The van der Waals surface area contributed by atoms with Crippen LogP contribution >= 0.6 is 0 Å². The van der Waals surface area contributed by atoms with Gasteiger partial charge in [0.05, 0.1) is 11.9 Å². The summed E-state index contributed by atoms with van der Waals surface area (Å²) in [7, 11) is 0. The number of carboxylic acids is 2. The van der Waals surface area contributed by atoms with Gasteiger partial charge in [-0.2, -0.15) is 0 Å². The summed E-state index contributed by atoms with van der Waals surface area (Å²) >= 11 is 0. The summed E-state index contributed by atoms with van der Waals surface area (Å²) < 4.78 is 0. The van der Waals surface area contributed by atoms with Crippen molar-refractivity contribution in [3.05, 3.63) is 0 Å². The monoisotopic (exact) mass is 309 g/mol. The van der Waals surface area contributed by atoms with Gasteiger partial charge in [0.15, 0.2) is 0 Å². The third-order valence-corrected chi connectivity index (χ3v) is 0.782. The maximum absolute atomic E-state index is 9.63. The fraction of sp³-hybridized carbons (Fsp3) is 0.500. The minimum absolute atomic E-state index is 0. The van der Waals surface area contributed by atoms with Crippen molar-refractivity contribution in [1.82, 2.24) is 0 Å². The molecule has 0 aliphatic rings. The van der Waals surface area contributed by atoms with E-state index in [1.165, 1.54) is 0 Å². The van der Waals surface area contributed by atoms with Gasteiger partial charge in [0.25, 0.3) is 0 Å². The number of aliphatic carboxylic acids is 2. The second-order valence-corrected chi connectivity index (χ2v) is 1.53. The average molecular weight is 310 g/mol. The van der Waals surface area contributed by atoms with Crippen molar-refractivity contribution < 1.29 is 139 Å². The third-order valence-electron chi connectivity index (χ3n) is 0.782. The molecule has 0 saturated heterocycles. The van der Waals surface area contributed by atoms with Gasteiger partial charge >= 0.3 is 80.9 Å². The van der Waals surface area contributed by atoms with Gasteiger partial charge in [0.1, 0.15) is 12.2 Å². The van der Waals surface area contributed by atoms with Gasteiger partial charge in [-0.05, 0) is 0 Å². The van der Waals surface area contributed by atoms with Gasteiger partial charge in [0.2, 0.25) is 0 Å². The van der Waals surface area contributed by atoms with Gasteiger partial charge in [0, 0.05) is 17.1 Å². The van der Waals surface area contributed by atoms with E-state index < -0.39 is 24.1 Å². The van der Waals surface area contributed by atoms with Gasteiger partial charge in [-0.25, -0.2) is 0 Å². The molecule has 0 saturated carbocycles. The number of hydrogen-bond acceptors (Lipinski definition) is 6. The van der Waals surface area contributed by atoms with Crippen molar-refractivity contribution in [2.24, 2.45) is 0 Å². The molecule has 0 amide bonds. The SMILES string of the molecule is O.O.O=C([O-])C(O)C(O)C(=O)[O-].[Cu].[K+].[Na+]. The predicted molar refractivity (Wildman–Crippen MR) is 29.3 cm³/mol. The molecule has 8 nitrogen and oxygen atoms in total. The first kappa shape index (κ1) is 36.0. The van der Waals surface area contributed by atoms with Crippen LogP contribution in [0.15, 0.2) is 0 Å². The van der Waals surface area contributed by atoms with Gasteiger partial charge in [-0.1, -0.05) is 0 Å². The molecule has 0 aromatic carbocycles. The summed E-state index contributed by atoms with van der Waals surface area (Å²) in [6.45, 7) is 0. The maximum Gasteiger partial charge on any atom is 1.00 e. The molecule has 15 heavy (non-hydrogen) atoms. The first-order valence-corrected chi connectivity index (χ1v) is 2.24. The second-order valence-electron chi connectivity index (χ2n) is 1.53. The molecule has 0 aromatic heterocycles. The average Bonchev–Trinajstić information content (AvgIpc) is 1.84. The van der Waals surface area contributed by atoms with Crippen LogP contribution in [-0.4, -0.2) is 45.3 Å². The summed E-state index contributed by atoms with van der Waals surface area (Å²) in [5.41, 5.74) is 0. The zero-order chi connectivity index (χ0) is 8.31. The van der Waals surface area contributed by atoms with Crippen LogP contribution in [0.5, 0.6) is 0 Å². The quantitative estimate of drug-likeness (QED) is 0.487. The van der Waals surface area contributed by atoms with E-state index >= 15 is 0 Å². The maximum atomic E-state index is 9.63. The molecule has 0 heterocycles. The number of rotatable bonds is 3. The smallest absolute Gasteiger partial charge is 0.547 e. The number of aliphatic hydroxyl groups excluding tert-OH is 2. The predicted octanol–water partition coefficient (Wildman–Crippen LogP) is -12.4. The number of carbonyl (C=O) groups excluding carboxylic acids is 2. The van der Waals surface area contributed by atoms with E-state index in [4.69, 9.17) is 10.2 Å². The van der Waals surface area contributed by atoms with E-state index in [2.05, 4.69) is 0 Å². The minimum atomic E-state index is -2.44. The summed E-state index contributed by atoms with van der Waals surface area (Å²) in [5.74, 6) is -4.12. The molecule has 0 bridgehead atoms. The molecular weight excluding hydrogens is 302 g/mol. The van der Waals surface area contributed by atoms with Gasteiger partial charge in [-0.3, -0.25) is 0 Å². The minimum Gasteiger partial charge on any atom is -0.547 e. The molecule has 11 heteroatoms. The van der Waals surface area contributed by atoms with Crippen LogP contribution < -0.4 is 91.2 Å². The van der Waals surface area contributed by atoms with Crippen molar-refractivity contribution >= 4 is 11.9 Å². The van der Waals surface area contributed by atoms with Crippen LogP contribution in [0.3, 0.4) is 0 Å². The van der Waals surface area contributed by atoms with Crippen molar-refractivity contribution in [1.29, 1.82) is 0 Å². The Bertz CT molecular complexity index is 151. The molecule has 1 radical (unpaired) electrons. The van der Waals surface area contributed by atoms with Crippen LogP contribution in [0.4, 0.5) is 0 Å². The number of aliphatic hydroxyl groups is 2. The Morgan fingerprint density at radius 3 is 1.13 bits per heavy atom. The molecule has 2 atom stereocenters. The van der Waals surface area contributed by atoms with Crippen LogP contribution in [0, 0.1) is 0 Å². The molecular formula is C4H8CuKNaO8. The van der Waals surface area contributed by atoms with E-state index in [-0.39, 0.29) is 109 Å². The number of hydrogen-bond donors (Lipinski definition) is 2. The van der Waals surface area contributed by atoms with Crippen molar-refractivity contribution in [3.8, 4) is 0 Å². The van der Waals surface area contributed by atoms with E-state index in [0.29, 0.717) is 0 Å². The standard InChI is InChI=1S/C4H6O6.Cu.K.Na.2H2O/c5-1(3(7)8)2(6)4(9)10;;;;;/h1-2,5-6H,(H,7,8)(H,9,10);;;;2*1H2/q;;2*+1;;/p-2. The van der Waals surface area contributed by atoms with Crippen LogP contribution in [-0.2, 0) is 26.7 Å². The molecule has 0 aliphatic heterocycles. The van der Waals surface area contributed by atoms with E-state index in [9.17, 15) is 19.8 Å². The molecule has 0 spiro atoms. The van der Waals surface area contributed by atoms with E-state index in [0.717, 1.165) is 0 Å². The molecule has 2 unspecified atom stereocenters. The van der Waals surface area contributed by atoms with E-state index in [1.807, 2.05) is 0 Å². The van der Waals surface area contributed by atoms with Crippen LogP contribution in [0.2, 0.25) is 0 Å². The van der Waals surface area contributed by atoms with Gasteiger partial charge in [-0.15, -0.1) is 0 Å². The molecule has 0 aromatic rings. The molecule has 0 rings (SSSR count). The Labute approximate surface area is 160 Å².